The normalized spacial score (nSPS) is 10.3. The van der Waals surface area contributed by atoms with E-state index in [-0.39, 0.29) is 11.3 Å². The largest absolute Gasteiger partial charge is 0.384 e. The van der Waals surface area contributed by atoms with Crippen LogP contribution in [0.25, 0.3) is 0 Å². The first-order valence-electron chi connectivity index (χ1n) is 5.69. The van der Waals surface area contributed by atoms with Gasteiger partial charge in [0.05, 0.1) is 5.56 Å². The van der Waals surface area contributed by atoms with Crippen molar-refractivity contribution in [3.63, 3.8) is 0 Å². The van der Waals surface area contributed by atoms with Gasteiger partial charge in [-0.05, 0) is 43.9 Å². The van der Waals surface area contributed by atoms with E-state index >= 15 is 0 Å². The highest BCUT2D eigenvalue weighted by atomic mass is 32.2. The van der Waals surface area contributed by atoms with Crippen molar-refractivity contribution in [2.75, 3.05) is 23.9 Å². The van der Waals surface area contributed by atoms with Gasteiger partial charge in [-0.2, -0.15) is 11.8 Å². The van der Waals surface area contributed by atoms with Gasteiger partial charge in [-0.25, -0.2) is 4.39 Å². The first-order valence-corrected chi connectivity index (χ1v) is 7.08. The summed E-state index contributed by atoms with van der Waals surface area (Å²) >= 11 is 1.82. The molecule has 0 unspecified atom stereocenters. The average Bonchev–Trinajstić information content (AvgIpc) is 2.28. The number of benzene rings is 1. The Labute approximate surface area is 106 Å². The number of unbranched alkanes of at least 4 members (excludes halogenated alkanes) is 1. The first-order chi connectivity index (χ1) is 8.16. The van der Waals surface area contributed by atoms with Gasteiger partial charge >= 0.3 is 0 Å². The quantitative estimate of drug-likeness (QED) is 0.596. The molecular weight excluding hydrogens is 237 g/mol. The van der Waals surface area contributed by atoms with E-state index in [2.05, 4.69) is 11.6 Å². The fourth-order valence-corrected chi connectivity index (χ4v) is 2.12. The van der Waals surface area contributed by atoms with Gasteiger partial charge in [0.2, 0.25) is 0 Å². The van der Waals surface area contributed by atoms with E-state index in [9.17, 15) is 9.18 Å². The monoisotopic (exact) mass is 255 g/mol. The molecule has 1 aromatic carbocycles. The van der Waals surface area contributed by atoms with Crippen LogP contribution in [-0.2, 0) is 0 Å². The molecule has 4 heteroatoms. The Morgan fingerprint density at radius 2 is 2.18 bits per heavy atom. The van der Waals surface area contributed by atoms with Crippen molar-refractivity contribution < 1.29 is 9.18 Å². The lowest BCUT2D eigenvalue weighted by molar-refractivity contribution is 0.101. The molecule has 0 atom stereocenters. The van der Waals surface area contributed by atoms with Gasteiger partial charge in [-0.3, -0.25) is 4.79 Å². The summed E-state index contributed by atoms with van der Waals surface area (Å²) in [5.74, 6) is 0.436. The fraction of sp³-hybridized carbons (Fsp3) is 0.462. The standard InChI is InChI=1S/C13H18FNOS/c1-10(16)13-11(14)6-5-7-12(13)15-8-3-4-9-17-2/h5-7,15H,3-4,8-9H2,1-2H3. The minimum absolute atomic E-state index is 0.164. The number of hydrogen-bond acceptors (Lipinski definition) is 3. The SMILES string of the molecule is CSCCCCNc1cccc(F)c1C(C)=O. The van der Waals surface area contributed by atoms with Crippen LogP contribution >= 0.6 is 11.8 Å². The Morgan fingerprint density at radius 1 is 1.41 bits per heavy atom. The first kappa shape index (κ1) is 14.0. The molecule has 0 aromatic heterocycles. The van der Waals surface area contributed by atoms with Crippen molar-refractivity contribution in [3.8, 4) is 0 Å². The third kappa shape index (κ3) is 4.38. The van der Waals surface area contributed by atoms with Gasteiger partial charge in [0.25, 0.3) is 0 Å². The van der Waals surface area contributed by atoms with Crippen molar-refractivity contribution in [1.29, 1.82) is 0 Å². The van der Waals surface area contributed by atoms with Gasteiger partial charge < -0.3 is 5.32 Å². The zero-order chi connectivity index (χ0) is 12.7. The number of thioether (sulfide) groups is 1. The second-order valence-corrected chi connectivity index (χ2v) is 4.83. The Morgan fingerprint density at radius 3 is 2.82 bits per heavy atom. The molecule has 0 radical (unpaired) electrons. The Balaban J connectivity index is 2.58. The molecule has 0 aliphatic carbocycles. The molecule has 0 saturated carbocycles. The summed E-state index contributed by atoms with van der Waals surface area (Å²) < 4.78 is 13.5. The minimum Gasteiger partial charge on any atom is -0.384 e. The van der Waals surface area contributed by atoms with E-state index < -0.39 is 5.82 Å². The van der Waals surface area contributed by atoms with Gasteiger partial charge in [0.15, 0.2) is 5.78 Å². The van der Waals surface area contributed by atoms with Crippen LogP contribution in [0.3, 0.4) is 0 Å². The highest BCUT2D eigenvalue weighted by Gasteiger charge is 2.11. The molecule has 0 spiro atoms. The molecular formula is C13H18FNOS. The van der Waals surface area contributed by atoms with Crippen LogP contribution in [0, 0.1) is 5.82 Å². The van der Waals surface area contributed by atoms with Crippen molar-refractivity contribution in [3.05, 3.63) is 29.6 Å². The van der Waals surface area contributed by atoms with Crippen molar-refractivity contribution >= 4 is 23.2 Å². The third-order valence-corrected chi connectivity index (χ3v) is 3.15. The predicted molar refractivity (Wildman–Crippen MR) is 72.5 cm³/mol. The van der Waals surface area contributed by atoms with Crippen LogP contribution < -0.4 is 5.32 Å². The molecule has 0 bridgehead atoms. The zero-order valence-electron chi connectivity index (χ0n) is 10.3. The maximum atomic E-state index is 13.5. The topological polar surface area (TPSA) is 29.1 Å². The zero-order valence-corrected chi connectivity index (χ0v) is 11.1. The Hall–Kier alpha value is -1.03. The van der Waals surface area contributed by atoms with Crippen LogP contribution in [0.5, 0.6) is 0 Å². The van der Waals surface area contributed by atoms with Gasteiger partial charge in [0, 0.05) is 12.2 Å². The van der Waals surface area contributed by atoms with E-state index in [1.807, 2.05) is 11.8 Å². The van der Waals surface area contributed by atoms with Crippen LogP contribution in [0.4, 0.5) is 10.1 Å². The second kappa shape index (κ2) is 7.33. The van der Waals surface area contributed by atoms with Crippen LogP contribution in [0.2, 0.25) is 0 Å². The number of anilines is 1. The Kier molecular flexibility index (Phi) is 6.05. The van der Waals surface area contributed by atoms with Crippen molar-refractivity contribution in [1.82, 2.24) is 0 Å². The summed E-state index contributed by atoms with van der Waals surface area (Å²) in [4.78, 5) is 11.3. The fourth-order valence-electron chi connectivity index (χ4n) is 1.62. The lowest BCUT2D eigenvalue weighted by Crippen LogP contribution is -2.08. The summed E-state index contributed by atoms with van der Waals surface area (Å²) in [6, 6.07) is 4.68. The molecule has 0 aliphatic rings. The van der Waals surface area contributed by atoms with E-state index in [0.717, 1.165) is 25.1 Å². The van der Waals surface area contributed by atoms with Gasteiger partial charge in [0.1, 0.15) is 5.82 Å². The van der Waals surface area contributed by atoms with E-state index in [0.29, 0.717) is 5.69 Å². The molecule has 1 aromatic rings. The number of rotatable bonds is 7. The smallest absolute Gasteiger partial charge is 0.164 e. The molecule has 0 aliphatic heterocycles. The summed E-state index contributed by atoms with van der Waals surface area (Å²) in [6.45, 7) is 2.15. The lowest BCUT2D eigenvalue weighted by Gasteiger charge is -2.10. The number of carbonyl (C=O) groups excluding carboxylic acids is 1. The van der Waals surface area contributed by atoms with Crippen LogP contribution in [0.1, 0.15) is 30.1 Å². The third-order valence-electron chi connectivity index (χ3n) is 2.46. The molecule has 1 rings (SSSR count). The van der Waals surface area contributed by atoms with E-state index in [4.69, 9.17) is 0 Å². The summed E-state index contributed by atoms with van der Waals surface area (Å²) in [5, 5.41) is 3.12. The number of ketones is 1. The van der Waals surface area contributed by atoms with E-state index in [1.54, 1.807) is 12.1 Å². The summed E-state index contributed by atoms with van der Waals surface area (Å²) in [5.41, 5.74) is 0.763. The summed E-state index contributed by atoms with van der Waals surface area (Å²) in [6.07, 6.45) is 4.22. The molecule has 94 valence electrons. The van der Waals surface area contributed by atoms with Crippen molar-refractivity contribution in [2.45, 2.75) is 19.8 Å². The van der Waals surface area contributed by atoms with Crippen LogP contribution in [0.15, 0.2) is 18.2 Å². The number of carbonyl (C=O) groups is 1. The van der Waals surface area contributed by atoms with Gasteiger partial charge in [-0.1, -0.05) is 6.07 Å². The maximum Gasteiger partial charge on any atom is 0.164 e. The molecule has 0 saturated heterocycles. The Bertz CT molecular complexity index is 382. The molecule has 0 fully saturated rings. The predicted octanol–water partition coefficient (Wildman–Crippen LogP) is 3.58. The molecule has 1 N–H and O–H groups in total. The van der Waals surface area contributed by atoms with Crippen molar-refractivity contribution in [2.24, 2.45) is 0 Å². The highest BCUT2D eigenvalue weighted by molar-refractivity contribution is 7.98. The maximum absolute atomic E-state index is 13.5. The number of nitrogens with one attached hydrogen (secondary N) is 1. The summed E-state index contributed by atoms with van der Waals surface area (Å²) in [7, 11) is 0. The second-order valence-electron chi connectivity index (χ2n) is 3.85. The van der Waals surface area contributed by atoms with Crippen LogP contribution in [-0.4, -0.2) is 24.3 Å². The minimum atomic E-state index is -0.452. The highest BCUT2D eigenvalue weighted by Crippen LogP contribution is 2.19. The average molecular weight is 255 g/mol. The molecule has 2 nitrogen and oxygen atoms in total. The van der Waals surface area contributed by atoms with E-state index in [1.165, 1.54) is 13.0 Å². The lowest BCUT2D eigenvalue weighted by atomic mass is 10.1. The molecule has 0 heterocycles. The number of halogens is 1. The molecule has 17 heavy (non-hydrogen) atoms. The number of Topliss-reactive ketones (excluding diaryl/α,β-unsaturated/α-hetero) is 1. The molecule has 0 amide bonds. The number of hydrogen-bond donors (Lipinski definition) is 1. The van der Waals surface area contributed by atoms with Gasteiger partial charge in [-0.15, -0.1) is 0 Å².